The molecule has 0 aliphatic carbocycles. The molecule has 96 valence electrons. The zero-order chi connectivity index (χ0) is 12.8. The Bertz CT molecular complexity index is 367. The fourth-order valence-electron chi connectivity index (χ4n) is 1.98. The summed E-state index contributed by atoms with van der Waals surface area (Å²) in [6.07, 6.45) is 3.39. The molecule has 0 fully saturated rings. The molecule has 3 nitrogen and oxygen atoms in total. The molecule has 1 heterocycles. The highest BCUT2D eigenvalue weighted by molar-refractivity contribution is 5.77. The fraction of sp³-hybridized carbons (Fsp3) is 0.643. The van der Waals surface area contributed by atoms with Crippen LogP contribution in [0.1, 0.15) is 48.4 Å². The van der Waals surface area contributed by atoms with Crippen LogP contribution in [0.15, 0.2) is 6.07 Å². The average Bonchev–Trinajstić information content (AvgIpc) is 2.54. The van der Waals surface area contributed by atoms with Crippen molar-refractivity contribution in [1.29, 1.82) is 0 Å². The quantitative estimate of drug-likeness (QED) is 0.539. The van der Waals surface area contributed by atoms with E-state index in [1.165, 1.54) is 0 Å². The molecule has 0 atom stereocenters. The predicted molar refractivity (Wildman–Crippen MR) is 69.6 cm³/mol. The van der Waals surface area contributed by atoms with Crippen molar-refractivity contribution in [1.82, 2.24) is 4.57 Å². The van der Waals surface area contributed by atoms with Crippen LogP contribution in [0.2, 0.25) is 0 Å². The number of rotatable bonds is 7. The van der Waals surface area contributed by atoms with Crippen molar-refractivity contribution in [3.8, 4) is 0 Å². The Morgan fingerprint density at radius 1 is 1.35 bits per heavy atom. The highest BCUT2D eigenvalue weighted by Crippen LogP contribution is 2.14. The Kier molecular flexibility index (Phi) is 5.42. The van der Waals surface area contributed by atoms with Gasteiger partial charge in [-0.05, 0) is 46.6 Å². The smallest absolute Gasteiger partial charge is 0.151 e. The largest absolute Gasteiger partial charge is 0.379 e. The second kappa shape index (κ2) is 6.60. The van der Waals surface area contributed by atoms with Crippen LogP contribution in [0, 0.1) is 13.8 Å². The van der Waals surface area contributed by atoms with E-state index in [1.54, 1.807) is 0 Å². The van der Waals surface area contributed by atoms with Gasteiger partial charge in [0.15, 0.2) is 6.29 Å². The zero-order valence-electron chi connectivity index (χ0n) is 11.3. The molecule has 1 aromatic heterocycles. The summed E-state index contributed by atoms with van der Waals surface area (Å²) in [5.41, 5.74) is 3.04. The number of carbonyl (C=O) groups excluding carboxylic acids is 1. The van der Waals surface area contributed by atoms with Gasteiger partial charge in [-0.2, -0.15) is 0 Å². The topological polar surface area (TPSA) is 31.2 Å². The van der Waals surface area contributed by atoms with Gasteiger partial charge in [-0.3, -0.25) is 4.79 Å². The third-order valence-electron chi connectivity index (χ3n) is 2.97. The van der Waals surface area contributed by atoms with Crippen LogP contribution >= 0.6 is 0 Å². The summed E-state index contributed by atoms with van der Waals surface area (Å²) in [7, 11) is 0. The minimum atomic E-state index is 0.312. The lowest BCUT2D eigenvalue weighted by Gasteiger charge is -2.10. The van der Waals surface area contributed by atoms with E-state index in [-0.39, 0.29) is 0 Å². The summed E-state index contributed by atoms with van der Waals surface area (Å²) in [5, 5.41) is 0. The van der Waals surface area contributed by atoms with Crippen LogP contribution in [0.5, 0.6) is 0 Å². The van der Waals surface area contributed by atoms with Crippen LogP contribution in [0.3, 0.4) is 0 Å². The number of carbonyl (C=O) groups is 1. The number of nitrogens with zero attached hydrogens (tertiary/aromatic N) is 1. The highest BCUT2D eigenvalue weighted by Gasteiger charge is 2.07. The van der Waals surface area contributed by atoms with Gasteiger partial charge in [0, 0.05) is 30.1 Å². The standard InChI is InChI=1S/C14H23NO2/c1-11(2)17-8-6-5-7-15-12(3)9-14(10-16)13(15)4/h9-11H,5-8H2,1-4H3. The van der Waals surface area contributed by atoms with Gasteiger partial charge >= 0.3 is 0 Å². The van der Waals surface area contributed by atoms with Crippen LogP contribution in [-0.4, -0.2) is 23.6 Å². The maximum Gasteiger partial charge on any atom is 0.151 e. The van der Waals surface area contributed by atoms with Gasteiger partial charge in [0.25, 0.3) is 0 Å². The number of hydrogen-bond acceptors (Lipinski definition) is 2. The Labute approximate surface area is 104 Å². The normalized spacial score (nSPS) is 11.1. The molecule has 0 bridgehead atoms. The van der Waals surface area contributed by atoms with Crippen molar-refractivity contribution in [3.05, 3.63) is 23.0 Å². The summed E-state index contributed by atoms with van der Waals surface area (Å²) in [5.74, 6) is 0. The minimum Gasteiger partial charge on any atom is -0.379 e. The second-order valence-corrected chi connectivity index (χ2v) is 4.72. The van der Waals surface area contributed by atoms with E-state index in [0.29, 0.717) is 6.10 Å². The van der Waals surface area contributed by atoms with E-state index in [2.05, 4.69) is 18.4 Å². The fourth-order valence-corrected chi connectivity index (χ4v) is 1.98. The Morgan fingerprint density at radius 3 is 2.59 bits per heavy atom. The van der Waals surface area contributed by atoms with E-state index in [4.69, 9.17) is 4.74 Å². The number of hydrogen-bond donors (Lipinski definition) is 0. The maximum absolute atomic E-state index is 10.8. The molecule has 0 spiro atoms. The van der Waals surface area contributed by atoms with Crippen LogP contribution < -0.4 is 0 Å². The molecule has 0 amide bonds. The number of aromatic nitrogens is 1. The first kappa shape index (κ1) is 14.0. The van der Waals surface area contributed by atoms with Crippen molar-refractivity contribution in [3.63, 3.8) is 0 Å². The second-order valence-electron chi connectivity index (χ2n) is 4.72. The van der Waals surface area contributed by atoms with Gasteiger partial charge in [0.05, 0.1) is 6.10 Å². The molecule has 0 aliphatic heterocycles. The van der Waals surface area contributed by atoms with Gasteiger partial charge in [-0.15, -0.1) is 0 Å². The number of unbranched alkanes of at least 4 members (excludes halogenated alkanes) is 1. The molecule has 0 saturated carbocycles. The van der Waals surface area contributed by atoms with E-state index in [0.717, 1.165) is 49.2 Å². The summed E-state index contributed by atoms with van der Waals surface area (Å²) in [6, 6.07) is 1.95. The first-order valence-electron chi connectivity index (χ1n) is 6.29. The first-order valence-corrected chi connectivity index (χ1v) is 6.29. The monoisotopic (exact) mass is 237 g/mol. The first-order chi connectivity index (χ1) is 8.06. The van der Waals surface area contributed by atoms with Crippen LogP contribution in [0.25, 0.3) is 0 Å². The van der Waals surface area contributed by atoms with Crippen molar-refractivity contribution in [2.75, 3.05) is 6.61 Å². The molecule has 0 radical (unpaired) electrons. The van der Waals surface area contributed by atoms with Crippen LogP contribution in [-0.2, 0) is 11.3 Å². The molecule has 1 aromatic rings. The number of aryl methyl sites for hydroxylation is 1. The summed E-state index contributed by atoms with van der Waals surface area (Å²) >= 11 is 0. The van der Waals surface area contributed by atoms with E-state index < -0.39 is 0 Å². The highest BCUT2D eigenvalue weighted by atomic mass is 16.5. The molecule has 0 unspecified atom stereocenters. The van der Waals surface area contributed by atoms with Gasteiger partial charge in [0.2, 0.25) is 0 Å². The number of ether oxygens (including phenoxy) is 1. The van der Waals surface area contributed by atoms with Crippen molar-refractivity contribution in [2.24, 2.45) is 0 Å². The zero-order valence-corrected chi connectivity index (χ0v) is 11.3. The van der Waals surface area contributed by atoms with Gasteiger partial charge in [-0.1, -0.05) is 0 Å². The van der Waals surface area contributed by atoms with Crippen molar-refractivity contribution < 1.29 is 9.53 Å². The molecule has 17 heavy (non-hydrogen) atoms. The third-order valence-corrected chi connectivity index (χ3v) is 2.97. The van der Waals surface area contributed by atoms with Gasteiger partial charge in [-0.25, -0.2) is 0 Å². The minimum absolute atomic E-state index is 0.312. The molecular weight excluding hydrogens is 214 g/mol. The molecule has 0 N–H and O–H groups in total. The lowest BCUT2D eigenvalue weighted by atomic mass is 10.3. The van der Waals surface area contributed by atoms with E-state index in [1.807, 2.05) is 19.9 Å². The lowest BCUT2D eigenvalue weighted by Crippen LogP contribution is -2.07. The number of aldehydes is 1. The Morgan fingerprint density at radius 2 is 2.06 bits per heavy atom. The molecule has 0 aromatic carbocycles. The predicted octanol–water partition coefficient (Wildman–Crippen LogP) is 3.12. The van der Waals surface area contributed by atoms with E-state index in [9.17, 15) is 4.79 Å². The summed E-state index contributed by atoms with van der Waals surface area (Å²) in [4.78, 5) is 10.8. The molecule has 3 heteroatoms. The lowest BCUT2D eigenvalue weighted by molar-refractivity contribution is 0.0754. The molecule has 0 saturated heterocycles. The summed E-state index contributed by atoms with van der Waals surface area (Å²) in [6.45, 7) is 9.93. The van der Waals surface area contributed by atoms with Gasteiger partial charge in [0.1, 0.15) is 0 Å². The maximum atomic E-state index is 10.8. The third kappa shape index (κ3) is 4.00. The Hall–Kier alpha value is -1.09. The van der Waals surface area contributed by atoms with Crippen LogP contribution in [0.4, 0.5) is 0 Å². The molecular formula is C14H23NO2. The summed E-state index contributed by atoms with van der Waals surface area (Å²) < 4.78 is 7.71. The molecule has 1 rings (SSSR count). The van der Waals surface area contributed by atoms with Crippen molar-refractivity contribution >= 4 is 6.29 Å². The van der Waals surface area contributed by atoms with Crippen molar-refractivity contribution in [2.45, 2.75) is 53.2 Å². The average molecular weight is 237 g/mol. The van der Waals surface area contributed by atoms with Gasteiger partial charge < -0.3 is 9.30 Å². The van der Waals surface area contributed by atoms with E-state index >= 15 is 0 Å². The molecule has 0 aliphatic rings. The SMILES string of the molecule is Cc1cc(C=O)c(C)n1CCCCOC(C)C. The Balaban J connectivity index is 2.41.